The fourth-order valence-electron chi connectivity index (χ4n) is 4.63. The van der Waals surface area contributed by atoms with E-state index in [1.165, 1.54) is 23.6 Å². The molecule has 0 heterocycles. The molecule has 0 spiro atoms. The number of aliphatic hydroxyl groups excluding tert-OH is 4. The first-order chi connectivity index (χ1) is 17.1. The molecular formula is C30H48FNO5. The summed E-state index contributed by atoms with van der Waals surface area (Å²) in [5, 5.41) is 41.6. The molecule has 6 nitrogen and oxygen atoms in total. The number of halogens is 1. The van der Waals surface area contributed by atoms with Crippen molar-refractivity contribution in [3.63, 3.8) is 0 Å². The van der Waals surface area contributed by atoms with Gasteiger partial charge in [-0.1, -0.05) is 83.1 Å². The van der Waals surface area contributed by atoms with E-state index in [-0.39, 0.29) is 10.8 Å². The average molecular weight is 522 g/mol. The fraction of sp³-hybridized carbons (Fsp3) is 0.633. The first-order valence-electron chi connectivity index (χ1n) is 13.2. The van der Waals surface area contributed by atoms with Gasteiger partial charge in [0.05, 0.1) is 6.04 Å². The van der Waals surface area contributed by atoms with E-state index >= 15 is 0 Å². The Labute approximate surface area is 222 Å². The summed E-state index contributed by atoms with van der Waals surface area (Å²) in [6.45, 7) is 19.1. The van der Waals surface area contributed by atoms with Crippen molar-refractivity contribution in [2.45, 2.75) is 112 Å². The zero-order valence-corrected chi connectivity index (χ0v) is 23.9. The highest BCUT2D eigenvalue weighted by Crippen LogP contribution is 2.49. The largest absolute Gasteiger partial charge is 0.388 e. The van der Waals surface area contributed by atoms with E-state index in [4.69, 9.17) is 0 Å². The number of carbonyl (C=O) groups is 1. The lowest BCUT2D eigenvalue weighted by molar-refractivity contribution is -0.170. The molecule has 210 valence electrons. The minimum Gasteiger partial charge on any atom is -0.388 e. The molecule has 1 amide bonds. The molecule has 0 aromatic carbocycles. The lowest BCUT2D eigenvalue weighted by Crippen LogP contribution is -2.67. The van der Waals surface area contributed by atoms with E-state index in [1.807, 2.05) is 32.9 Å². The molecule has 5 N–H and O–H groups in total. The molecular weight excluding hydrogens is 473 g/mol. The van der Waals surface area contributed by atoms with E-state index in [1.54, 1.807) is 13.0 Å². The van der Waals surface area contributed by atoms with Gasteiger partial charge in [0.2, 0.25) is 5.91 Å². The first kappa shape index (κ1) is 33.0. The average Bonchev–Trinajstić information content (AvgIpc) is 2.83. The minimum absolute atomic E-state index is 0.135. The van der Waals surface area contributed by atoms with Crippen LogP contribution in [0.5, 0.6) is 0 Å². The van der Waals surface area contributed by atoms with Crippen LogP contribution in [0.1, 0.15) is 75.2 Å². The summed E-state index contributed by atoms with van der Waals surface area (Å²) in [7, 11) is 0. The Morgan fingerprint density at radius 2 is 1.41 bits per heavy atom. The topological polar surface area (TPSA) is 110 Å². The monoisotopic (exact) mass is 521 g/mol. The third-order valence-corrected chi connectivity index (χ3v) is 7.51. The third kappa shape index (κ3) is 8.47. The van der Waals surface area contributed by atoms with Gasteiger partial charge in [0.1, 0.15) is 24.4 Å². The molecule has 4 atom stereocenters. The van der Waals surface area contributed by atoms with E-state index in [0.29, 0.717) is 5.57 Å². The van der Waals surface area contributed by atoms with Crippen molar-refractivity contribution in [1.29, 1.82) is 0 Å². The number of rotatable bonds is 6. The van der Waals surface area contributed by atoms with E-state index in [0.717, 1.165) is 12.0 Å². The van der Waals surface area contributed by atoms with Gasteiger partial charge in [-0.05, 0) is 55.6 Å². The molecule has 7 heteroatoms. The number of hydrogen-bond donors (Lipinski definition) is 5. The van der Waals surface area contributed by atoms with Gasteiger partial charge in [-0.3, -0.25) is 4.79 Å². The molecule has 0 saturated heterocycles. The summed E-state index contributed by atoms with van der Waals surface area (Å²) in [5.74, 6) is -0.642. The highest BCUT2D eigenvalue weighted by atomic mass is 19.1. The van der Waals surface area contributed by atoms with E-state index < -0.39 is 42.5 Å². The summed E-state index contributed by atoms with van der Waals surface area (Å²) >= 11 is 0. The van der Waals surface area contributed by atoms with Gasteiger partial charge in [-0.2, -0.15) is 0 Å². The summed E-state index contributed by atoms with van der Waals surface area (Å²) < 4.78 is 13.7. The molecule has 0 bridgehead atoms. The first-order valence-corrected chi connectivity index (χ1v) is 13.2. The van der Waals surface area contributed by atoms with Crippen molar-refractivity contribution in [2.24, 2.45) is 10.8 Å². The van der Waals surface area contributed by atoms with Crippen molar-refractivity contribution in [2.75, 3.05) is 0 Å². The Morgan fingerprint density at radius 3 is 1.95 bits per heavy atom. The van der Waals surface area contributed by atoms with Gasteiger partial charge in [-0.25, -0.2) is 4.39 Å². The highest BCUT2D eigenvalue weighted by Gasteiger charge is 2.49. The van der Waals surface area contributed by atoms with Crippen LogP contribution in [0.3, 0.4) is 0 Å². The molecule has 0 aliphatic heterocycles. The van der Waals surface area contributed by atoms with Crippen LogP contribution in [0.25, 0.3) is 0 Å². The molecule has 2 aliphatic carbocycles. The number of allylic oxidation sites excluding steroid dienone is 9. The standard InChI is InChI=1S/C28H42FNO5.C2H6/c1-16(11-12-19-18(3)27(4,5)13-14-28(19,6)7)9-8-10-17(2)15-20(31)30-22-25(34)23(32)21(29)24(33)26(22)35;1-2/h8-12,15,21-26,32-35H,13-14H2,1-7H3,(H,30,31);1-2H3/b10-8+,12-11+,16-9+,17-15+;. The third-order valence-electron chi connectivity index (χ3n) is 7.51. The van der Waals surface area contributed by atoms with E-state index in [2.05, 4.69) is 52.1 Å². The van der Waals surface area contributed by atoms with Crippen LogP contribution in [0.2, 0.25) is 0 Å². The highest BCUT2D eigenvalue weighted by molar-refractivity contribution is 5.89. The van der Waals surface area contributed by atoms with Crippen molar-refractivity contribution in [1.82, 2.24) is 5.32 Å². The van der Waals surface area contributed by atoms with Gasteiger partial charge >= 0.3 is 0 Å². The predicted molar refractivity (Wildman–Crippen MR) is 147 cm³/mol. The quantitative estimate of drug-likeness (QED) is 0.262. The Bertz CT molecular complexity index is 928. The molecule has 37 heavy (non-hydrogen) atoms. The molecule has 0 radical (unpaired) electrons. The maximum absolute atomic E-state index is 13.7. The molecule has 0 aromatic heterocycles. The fourth-order valence-corrected chi connectivity index (χ4v) is 4.63. The Kier molecular flexibility index (Phi) is 12.2. The van der Waals surface area contributed by atoms with Crippen molar-refractivity contribution >= 4 is 5.91 Å². The van der Waals surface area contributed by atoms with Crippen molar-refractivity contribution in [3.05, 3.63) is 58.7 Å². The van der Waals surface area contributed by atoms with Crippen LogP contribution in [0.15, 0.2) is 58.7 Å². The van der Waals surface area contributed by atoms with Gasteiger partial charge in [0.15, 0.2) is 6.17 Å². The van der Waals surface area contributed by atoms with Gasteiger partial charge in [0, 0.05) is 6.08 Å². The summed E-state index contributed by atoms with van der Waals surface area (Å²) in [6, 6.07) is -1.40. The second kappa shape index (κ2) is 13.7. The van der Waals surface area contributed by atoms with Crippen LogP contribution in [0.4, 0.5) is 4.39 Å². The van der Waals surface area contributed by atoms with Crippen LogP contribution in [-0.2, 0) is 4.79 Å². The predicted octanol–water partition coefficient (Wildman–Crippen LogP) is 4.46. The maximum atomic E-state index is 13.7. The van der Waals surface area contributed by atoms with Gasteiger partial charge in [0.25, 0.3) is 0 Å². The SMILES string of the molecule is CC.CC1=C(/C=C/C(C)=C/C=C/C(C)=C/C(=O)NC2C(O)C(O)C(F)C(O)C2O)C(C)(C)CCC1(C)C. The van der Waals surface area contributed by atoms with Crippen molar-refractivity contribution in [3.8, 4) is 0 Å². The number of carbonyl (C=O) groups excluding carboxylic acids is 1. The summed E-state index contributed by atoms with van der Waals surface area (Å²) in [4.78, 5) is 12.3. The van der Waals surface area contributed by atoms with Crippen molar-refractivity contribution < 1.29 is 29.6 Å². The van der Waals surface area contributed by atoms with Crippen LogP contribution in [0, 0.1) is 10.8 Å². The Balaban J connectivity index is 0.00000334. The lowest BCUT2D eigenvalue weighted by Gasteiger charge is -2.42. The van der Waals surface area contributed by atoms with Crippen LogP contribution in [-0.4, -0.2) is 63.0 Å². The second-order valence-electron chi connectivity index (χ2n) is 11.2. The minimum atomic E-state index is -2.20. The maximum Gasteiger partial charge on any atom is 0.244 e. The molecule has 2 rings (SSSR count). The second-order valence-corrected chi connectivity index (χ2v) is 11.2. The van der Waals surface area contributed by atoms with Gasteiger partial charge < -0.3 is 25.7 Å². The number of aliphatic hydroxyl groups is 4. The molecule has 1 saturated carbocycles. The summed E-state index contributed by atoms with van der Waals surface area (Å²) in [5.41, 5.74) is 4.79. The number of hydrogen-bond acceptors (Lipinski definition) is 5. The molecule has 4 unspecified atom stereocenters. The zero-order valence-electron chi connectivity index (χ0n) is 23.9. The summed E-state index contributed by atoms with van der Waals surface area (Å²) in [6.07, 6.45) is 3.88. The zero-order chi connectivity index (χ0) is 28.7. The van der Waals surface area contributed by atoms with Crippen LogP contribution >= 0.6 is 0 Å². The van der Waals surface area contributed by atoms with Gasteiger partial charge in [-0.15, -0.1) is 0 Å². The lowest BCUT2D eigenvalue weighted by atomic mass is 9.63. The number of alkyl halides is 1. The number of amides is 1. The van der Waals surface area contributed by atoms with E-state index in [9.17, 15) is 29.6 Å². The normalized spacial score (nSPS) is 32.4. The molecule has 0 aromatic rings. The molecule has 1 fully saturated rings. The van der Waals surface area contributed by atoms with Crippen LogP contribution < -0.4 is 5.32 Å². The Hall–Kier alpha value is -2.06. The molecule has 2 aliphatic rings. The Morgan fingerprint density at radius 1 is 0.892 bits per heavy atom. The smallest absolute Gasteiger partial charge is 0.244 e. The number of nitrogens with one attached hydrogen (secondary N) is 1.